The van der Waals surface area contributed by atoms with E-state index in [4.69, 9.17) is 27.9 Å². The van der Waals surface area contributed by atoms with Crippen molar-refractivity contribution in [1.82, 2.24) is 14.8 Å². The number of hydrogen-bond acceptors (Lipinski definition) is 5. The molecule has 0 saturated carbocycles. The molecule has 0 spiro atoms. The number of nitrogens with zero attached hydrogens (tertiary/aromatic N) is 3. The number of halogens is 2. The number of anilines is 2. The standard InChI is InChI=1S/C19H15Cl2N5O3/c1-29-14-4-2-10(3-5-14)17-23-19-24-18(28)15(26(19)25-17)9-16(27)22-13-7-11(20)6-12(21)8-13/h2-8,15H,9H2,1H3,(H,22,27)(H,23,24,25,28)/t15-/m1/s1. The third-order valence-electron chi connectivity index (χ3n) is 4.34. The Kier molecular flexibility index (Phi) is 5.12. The van der Waals surface area contributed by atoms with Gasteiger partial charge in [-0.1, -0.05) is 23.2 Å². The second-order valence-corrected chi connectivity index (χ2v) is 7.22. The Hall–Kier alpha value is -3.10. The van der Waals surface area contributed by atoms with Gasteiger partial charge in [-0.2, -0.15) is 4.98 Å². The first-order chi connectivity index (χ1) is 13.9. The fraction of sp³-hybridized carbons (Fsp3) is 0.158. The van der Waals surface area contributed by atoms with Crippen LogP contribution in [0.1, 0.15) is 12.5 Å². The van der Waals surface area contributed by atoms with Gasteiger partial charge in [-0.15, -0.1) is 5.10 Å². The van der Waals surface area contributed by atoms with Crippen LogP contribution in [-0.2, 0) is 9.59 Å². The lowest BCUT2D eigenvalue weighted by atomic mass is 10.2. The number of hydrogen-bond donors (Lipinski definition) is 2. The number of fused-ring (bicyclic) bond motifs is 1. The molecule has 1 aliphatic heterocycles. The predicted molar refractivity (Wildman–Crippen MR) is 109 cm³/mol. The van der Waals surface area contributed by atoms with Crippen molar-refractivity contribution in [3.05, 3.63) is 52.5 Å². The van der Waals surface area contributed by atoms with E-state index in [0.29, 0.717) is 33.3 Å². The number of aromatic nitrogens is 3. The van der Waals surface area contributed by atoms with E-state index in [1.54, 1.807) is 37.4 Å². The van der Waals surface area contributed by atoms with E-state index in [1.807, 2.05) is 12.1 Å². The topological polar surface area (TPSA) is 98.1 Å². The monoisotopic (exact) mass is 431 g/mol. The summed E-state index contributed by atoms with van der Waals surface area (Å²) < 4.78 is 6.56. The number of ether oxygens (including phenoxy) is 1. The first-order valence-corrected chi connectivity index (χ1v) is 9.36. The Morgan fingerprint density at radius 1 is 1.21 bits per heavy atom. The van der Waals surface area contributed by atoms with Crippen molar-refractivity contribution in [2.75, 3.05) is 17.7 Å². The van der Waals surface area contributed by atoms with Crippen molar-refractivity contribution in [2.45, 2.75) is 12.5 Å². The number of nitrogens with one attached hydrogen (secondary N) is 2. The summed E-state index contributed by atoms with van der Waals surface area (Å²) >= 11 is 11.9. The zero-order valence-corrected chi connectivity index (χ0v) is 16.7. The van der Waals surface area contributed by atoms with Gasteiger partial charge >= 0.3 is 0 Å². The summed E-state index contributed by atoms with van der Waals surface area (Å²) in [7, 11) is 1.58. The van der Waals surface area contributed by atoms with Gasteiger partial charge in [0.05, 0.1) is 13.5 Å². The van der Waals surface area contributed by atoms with Crippen molar-refractivity contribution in [3.8, 4) is 17.1 Å². The summed E-state index contributed by atoms with van der Waals surface area (Å²) in [6.45, 7) is 0. The van der Waals surface area contributed by atoms with Crippen LogP contribution in [0.4, 0.5) is 11.6 Å². The smallest absolute Gasteiger partial charge is 0.252 e. The maximum Gasteiger partial charge on any atom is 0.252 e. The molecular formula is C19H15Cl2N5O3. The lowest BCUT2D eigenvalue weighted by Crippen LogP contribution is -2.23. The normalized spacial score (nSPS) is 15.0. The highest BCUT2D eigenvalue weighted by Gasteiger charge is 2.35. The van der Waals surface area contributed by atoms with Crippen LogP contribution in [-0.4, -0.2) is 33.7 Å². The molecule has 29 heavy (non-hydrogen) atoms. The molecule has 2 heterocycles. The van der Waals surface area contributed by atoms with E-state index in [2.05, 4.69) is 20.7 Å². The highest BCUT2D eigenvalue weighted by atomic mass is 35.5. The zero-order valence-electron chi connectivity index (χ0n) is 15.1. The molecule has 4 rings (SSSR count). The number of methoxy groups -OCH3 is 1. The van der Waals surface area contributed by atoms with Crippen molar-refractivity contribution >= 4 is 46.7 Å². The van der Waals surface area contributed by atoms with Crippen LogP contribution in [0.3, 0.4) is 0 Å². The third kappa shape index (κ3) is 4.03. The summed E-state index contributed by atoms with van der Waals surface area (Å²) in [6, 6.07) is 11.1. The van der Waals surface area contributed by atoms with Crippen LogP contribution >= 0.6 is 23.2 Å². The Bertz CT molecular complexity index is 1080. The van der Waals surface area contributed by atoms with Crippen LogP contribution in [0.15, 0.2) is 42.5 Å². The molecule has 2 N–H and O–H groups in total. The molecule has 1 aliphatic rings. The van der Waals surface area contributed by atoms with E-state index < -0.39 is 6.04 Å². The molecule has 0 aliphatic carbocycles. The number of amides is 2. The van der Waals surface area contributed by atoms with Crippen LogP contribution < -0.4 is 15.4 Å². The van der Waals surface area contributed by atoms with Crippen molar-refractivity contribution < 1.29 is 14.3 Å². The minimum atomic E-state index is -0.806. The quantitative estimate of drug-likeness (QED) is 0.640. The molecule has 0 unspecified atom stereocenters. The largest absolute Gasteiger partial charge is 0.497 e. The Balaban J connectivity index is 1.51. The van der Waals surface area contributed by atoms with Gasteiger partial charge in [0.25, 0.3) is 5.91 Å². The summed E-state index contributed by atoms with van der Waals surface area (Å²) in [4.78, 5) is 29.1. The average Bonchev–Trinajstić information content (AvgIpc) is 3.20. The van der Waals surface area contributed by atoms with Gasteiger partial charge in [0.15, 0.2) is 5.82 Å². The van der Waals surface area contributed by atoms with Crippen LogP contribution in [0.5, 0.6) is 5.75 Å². The summed E-state index contributed by atoms with van der Waals surface area (Å²) in [5.41, 5.74) is 1.21. The molecule has 0 fully saturated rings. The van der Waals surface area contributed by atoms with Gasteiger partial charge in [0.1, 0.15) is 11.8 Å². The predicted octanol–water partition coefficient (Wildman–Crippen LogP) is 3.78. The highest BCUT2D eigenvalue weighted by Crippen LogP contribution is 2.29. The fourth-order valence-corrected chi connectivity index (χ4v) is 3.51. The molecule has 148 valence electrons. The Morgan fingerprint density at radius 3 is 2.55 bits per heavy atom. The molecular weight excluding hydrogens is 417 g/mol. The minimum Gasteiger partial charge on any atom is -0.497 e. The third-order valence-corrected chi connectivity index (χ3v) is 4.77. The fourth-order valence-electron chi connectivity index (χ4n) is 2.99. The van der Waals surface area contributed by atoms with Crippen molar-refractivity contribution in [3.63, 3.8) is 0 Å². The molecule has 2 amide bonds. The SMILES string of the molecule is COc1ccc(-c2nc3n(n2)[C@H](CC(=O)Nc2cc(Cl)cc(Cl)c2)C(=O)N3)cc1. The average molecular weight is 432 g/mol. The van der Waals surface area contributed by atoms with E-state index in [0.717, 1.165) is 5.56 Å². The first kappa shape index (κ1) is 19.2. The van der Waals surface area contributed by atoms with Crippen LogP contribution in [0.2, 0.25) is 10.0 Å². The molecule has 0 saturated heterocycles. The van der Waals surface area contributed by atoms with E-state index >= 15 is 0 Å². The Labute approximate surface area is 175 Å². The number of carbonyl (C=O) groups excluding carboxylic acids is 2. The summed E-state index contributed by atoms with van der Waals surface area (Å²) in [5.74, 6) is 0.724. The minimum absolute atomic E-state index is 0.117. The maximum atomic E-state index is 12.4. The van der Waals surface area contributed by atoms with Gasteiger partial charge in [0.2, 0.25) is 11.9 Å². The van der Waals surface area contributed by atoms with E-state index in [-0.39, 0.29) is 18.2 Å². The van der Waals surface area contributed by atoms with Gasteiger partial charge in [-0.25, -0.2) is 4.68 Å². The molecule has 1 aromatic heterocycles. The van der Waals surface area contributed by atoms with Crippen molar-refractivity contribution in [2.24, 2.45) is 0 Å². The number of rotatable bonds is 5. The molecule has 10 heteroatoms. The first-order valence-electron chi connectivity index (χ1n) is 8.61. The molecule has 2 aromatic carbocycles. The highest BCUT2D eigenvalue weighted by molar-refractivity contribution is 6.35. The van der Waals surface area contributed by atoms with Gasteiger partial charge < -0.3 is 10.1 Å². The molecule has 0 radical (unpaired) electrons. The molecule has 8 nitrogen and oxygen atoms in total. The lowest BCUT2D eigenvalue weighted by Gasteiger charge is -2.10. The van der Waals surface area contributed by atoms with Crippen LogP contribution in [0, 0.1) is 0 Å². The van der Waals surface area contributed by atoms with Crippen molar-refractivity contribution in [1.29, 1.82) is 0 Å². The molecule has 3 aromatic rings. The second-order valence-electron chi connectivity index (χ2n) is 6.35. The van der Waals surface area contributed by atoms with Crippen LogP contribution in [0.25, 0.3) is 11.4 Å². The molecule has 1 atom stereocenters. The maximum absolute atomic E-state index is 12.4. The van der Waals surface area contributed by atoms with E-state index in [9.17, 15) is 9.59 Å². The number of carbonyl (C=O) groups is 2. The van der Waals surface area contributed by atoms with E-state index in [1.165, 1.54) is 4.68 Å². The number of benzene rings is 2. The molecule has 0 bridgehead atoms. The van der Waals surface area contributed by atoms with Gasteiger partial charge in [-0.05, 0) is 42.5 Å². The lowest BCUT2D eigenvalue weighted by molar-refractivity contribution is -0.123. The summed E-state index contributed by atoms with van der Waals surface area (Å²) in [5, 5.41) is 10.5. The Morgan fingerprint density at radius 2 is 1.90 bits per heavy atom. The zero-order chi connectivity index (χ0) is 20.5. The van der Waals surface area contributed by atoms with Gasteiger partial charge in [-0.3, -0.25) is 14.9 Å². The second kappa shape index (κ2) is 7.73. The van der Waals surface area contributed by atoms with Gasteiger partial charge in [0, 0.05) is 21.3 Å². The summed E-state index contributed by atoms with van der Waals surface area (Å²) in [6.07, 6.45) is -0.117.